The van der Waals surface area contributed by atoms with Crippen LogP contribution in [0.2, 0.25) is 0 Å². The van der Waals surface area contributed by atoms with Crippen LogP contribution in [0, 0.1) is 23.2 Å². The van der Waals surface area contributed by atoms with Crippen LogP contribution in [0.25, 0.3) is 0 Å². The largest absolute Gasteiger partial charge is 0.494 e. The molecule has 0 aromatic heterocycles. The fourth-order valence-electron chi connectivity index (χ4n) is 9.51. The summed E-state index contributed by atoms with van der Waals surface area (Å²) < 4.78 is 12.8. The number of nitrogens with zero attached hydrogens (tertiary/aromatic N) is 3. The van der Waals surface area contributed by atoms with Crippen LogP contribution in [0.4, 0.5) is 5.69 Å². The molecule has 1 spiro atoms. The Labute approximate surface area is 304 Å². The fourth-order valence-corrected chi connectivity index (χ4v) is 9.51. The maximum atomic E-state index is 15.4. The predicted molar refractivity (Wildman–Crippen MR) is 200 cm³/mol. The van der Waals surface area contributed by atoms with Crippen molar-refractivity contribution in [1.29, 1.82) is 0 Å². The molecule has 3 amide bonds. The third-order valence-electron chi connectivity index (χ3n) is 11.3. The van der Waals surface area contributed by atoms with E-state index in [0.29, 0.717) is 36.4 Å². The number of carbonyl (C=O) groups excluding carboxylic acids is 3. The van der Waals surface area contributed by atoms with E-state index in [1.807, 2.05) is 94.1 Å². The van der Waals surface area contributed by atoms with Gasteiger partial charge in [0.1, 0.15) is 17.4 Å². The zero-order valence-corrected chi connectivity index (χ0v) is 31.7. The van der Waals surface area contributed by atoms with E-state index >= 15 is 14.4 Å². The van der Waals surface area contributed by atoms with Gasteiger partial charge in [0.15, 0.2) is 0 Å². The third-order valence-corrected chi connectivity index (χ3v) is 11.3. The monoisotopic (exact) mass is 699 g/mol. The van der Waals surface area contributed by atoms with Crippen molar-refractivity contribution >= 4 is 23.4 Å². The van der Waals surface area contributed by atoms with Gasteiger partial charge in [0, 0.05) is 24.3 Å². The van der Waals surface area contributed by atoms with Crippen molar-refractivity contribution in [1.82, 2.24) is 9.80 Å². The molecule has 0 radical (unpaired) electrons. The Kier molecular flexibility index (Phi) is 10.7. The van der Waals surface area contributed by atoms with E-state index in [1.54, 1.807) is 22.0 Å². The van der Waals surface area contributed by atoms with Crippen molar-refractivity contribution in [2.75, 3.05) is 31.2 Å². The van der Waals surface area contributed by atoms with Crippen molar-refractivity contribution in [3.63, 3.8) is 0 Å². The van der Waals surface area contributed by atoms with Crippen molar-refractivity contribution < 1.29 is 29.0 Å². The van der Waals surface area contributed by atoms with Crippen LogP contribution in [0.5, 0.6) is 5.75 Å². The number of amides is 3. The predicted octanol–water partition coefficient (Wildman–Crippen LogP) is 6.58. The van der Waals surface area contributed by atoms with Crippen molar-refractivity contribution in [2.24, 2.45) is 23.2 Å². The summed E-state index contributed by atoms with van der Waals surface area (Å²) in [6, 6.07) is 14.7. The number of aliphatic hydroxyl groups excluding tert-OH is 1. The summed E-state index contributed by atoms with van der Waals surface area (Å²) >= 11 is 0. The fraction of sp³-hybridized carbons (Fsp3) is 0.548. The number of benzene rings is 2. The molecule has 3 aliphatic heterocycles. The smallest absolute Gasteiger partial charge is 0.249 e. The van der Waals surface area contributed by atoms with Gasteiger partial charge < -0.3 is 29.3 Å². The quantitative estimate of drug-likeness (QED) is 0.224. The first-order valence-corrected chi connectivity index (χ1v) is 18.3. The van der Waals surface area contributed by atoms with Crippen LogP contribution in [0.15, 0.2) is 79.9 Å². The molecule has 3 aliphatic rings. The van der Waals surface area contributed by atoms with Gasteiger partial charge in [0.25, 0.3) is 0 Å². The molecule has 1 N–H and O–H groups in total. The van der Waals surface area contributed by atoms with E-state index in [9.17, 15) is 5.11 Å². The molecular weight excluding hydrogens is 642 g/mol. The summed E-state index contributed by atoms with van der Waals surface area (Å²) in [5.74, 6) is -2.21. The lowest BCUT2D eigenvalue weighted by Gasteiger charge is -2.46. The highest BCUT2D eigenvalue weighted by atomic mass is 16.5. The van der Waals surface area contributed by atoms with E-state index in [2.05, 4.69) is 33.9 Å². The van der Waals surface area contributed by atoms with Crippen LogP contribution >= 0.6 is 0 Å². The van der Waals surface area contributed by atoms with Gasteiger partial charge in [0.05, 0.1) is 36.7 Å². The molecule has 2 aromatic rings. The molecule has 0 saturated carbocycles. The maximum absolute atomic E-state index is 15.4. The van der Waals surface area contributed by atoms with Crippen LogP contribution in [0.1, 0.15) is 79.8 Å². The minimum Gasteiger partial charge on any atom is -0.494 e. The average Bonchev–Trinajstić information content (AvgIpc) is 3.58. The summed E-state index contributed by atoms with van der Waals surface area (Å²) in [6.45, 7) is 24.9. The molecule has 2 aromatic carbocycles. The highest BCUT2D eigenvalue weighted by Gasteiger charge is 2.81. The van der Waals surface area contributed by atoms with E-state index in [4.69, 9.17) is 9.47 Å². The summed E-state index contributed by atoms with van der Waals surface area (Å²) in [6.07, 6.45) is 4.48. The molecule has 3 fully saturated rings. The molecule has 51 heavy (non-hydrogen) atoms. The number of aliphatic hydroxyl groups is 1. The molecule has 2 bridgehead atoms. The Morgan fingerprint density at radius 2 is 1.67 bits per heavy atom. The first-order chi connectivity index (χ1) is 24.0. The number of ether oxygens (including phenoxy) is 2. The number of fused-ring (bicyclic) bond motifs is 1. The van der Waals surface area contributed by atoms with Crippen LogP contribution in [-0.4, -0.2) is 81.7 Å². The molecule has 7 atom stereocenters. The van der Waals surface area contributed by atoms with Crippen LogP contribution in [0.3, 0.4) is 0 Å². The van der Waals surface area contributed by atoms with E-state index in [1.165, 1.54) is 0 Å². The first-order valence-electron chi connectivity index (χ1n) is 18.3. The zero-order valence-electron chi connectivity index (χ0n) is 31.7. The molecular formula is C42H57N3O6. The molecule has 3 saturated heterocycles. The van der Waals surface area contributed by atoms with Crippen molar-refractivity contribution in [2.45, 2.75) is 97.1 Å². The van der Waals surface area contributed by atoms with Gasteiger partial charge in [-0.1, -0.05) is 70.2 Å². The molecule has 9 heteroatoms. The molecule has 5 rings (SSSR count). The highest BCUT2D eigenvalue weighted by molar-refractivity contribution is 6.04. The Balaban J connectivity index is 1.68. The number of carbonyl (C=O) groups is 3. The van der Waals surface area contributed by atoms with Gasteiger partial charge in [-0.3, -0.25) is 14.4 Å². The van der Waals surface area contributed by atoms with Crippen LogP contribution in [-0.2, 0) is 19.1 Å². The summed E-state index contributed by atoms with van der Waals surface area (Å²) in [4.78, 5) is 50.8. The van der Waals surface area contributed by atoms with Gasteiger partial charge in [-0.05, 0) is 81.7 Å². The van der Waals surface area contributed by atoms with Gasteiger partial charge in [0.2, 0.25) is 17.7 Å². The minimum atomic E-state index is -1.30. The van der Waals surface area contributed by atoms with Gasteiger partial charge >= 0.3 is 0 Å². The zero-order chi connectivity index (χ0) is 37.5. The Hall–Kier alpha value is -3.95. The third kappa shape index (κ3) is 6.63. The molecule has 3 heterocycles. The highest BCUT2D eigenvalue weighted by Crippen LogP contribution is 2.66. The SMILES string of the molecule is C=CCN(C(=O)[C@H]1[C@H]2C(=O)N([C@H](CO)c3ccccc3)C(C(=O)N(CC=C)C(C)(C)CC(C)(C)C)C23CC(C)[C@]1(C)O3)c1ccc(OCC)cc1. The van der Waals surface area contributed by atoms with E-state index < -0.39 is 47.3 Å². The van der Waals surface area contributed by atoms with E-state index in [-0.39, 0.29) is 42.1 Å². The number of hydrogen-bond acceptors (Lipinski definition) is 6. The van der Waals surface area contributed by atoms with Crippen molar-refractivity contribution in [3.05, 3.63) is 85.5 Å². The standard InChI is InChI=1S/C42H57N3O6/c1-11-23-43(30-19-21-31(22-20-30)50-13-3)36(47)33-34-37(48)45(32(26-46)29-17-15-14-16-18-29)35(42(34)25-28(4)41(33,10)51-42)38(49)44(24-12-2)40(8,9)27-39(5,6)7/h11-12,14-22,28,32-35,46H,1-2,13,23-27H2,3-10H3/t28?,32-,33-,34+,35?,41+,42?/m1/s1. The summed E-state index contributed by atoms with van der Waals surface area (Å²) in [7, 11) is 0. The molecule has 3 unspecified atom stereocenters. The average molecular weight is 700 g/mol. The van der Waals surface area contributed by atoms with Gasteiger partial charge in [-0.2, -0.15) is 0 Å². The Morgan fingerprint density at radius 3 is 2.22 bits per heavy atom. The maximum Gasteiger partial charge on any atom is 0.249 e. The van der Waals surface area contributed by atoms with Gasteiger partial charge in [-0.15, -0.1) is 13.2 Å². The first kappa shape index (κ1) is 38.3. The van der Waals surface area contributed by atoms with Gasteiger partial charge in [-0.25, -0.2) is 0 Å². The minimum absolute atomic E-state index is 0.107. The second-order valence-electron chi connectivity index (χ2n) is 16.5. The molecule has 0 aliphatic carbocycles. The lowest BCUT2D eigenvalue weighted by atomic mass is 9.62. The van der Waals surface area contributed by atoms with Crippen LogP contribution < -0.4 is 9.64 Å². The van der Waals surface area contributed by atoms with E-state index in [0.717, 1.165) is 0 Å². The molecule has 9 nitrogen and oxygen atoms in total. The normalized spacial score (nSPS) is 27.5. The lowest BCUT2D eigenvalue weighted by molar-refractivity contribution is -0.159. The lowest BCUT2D eigenvalue weighted by Crippen LogP contribution is -2.61. The summed E-state index contributed by atoms with van der Waals surface area (Å²) in [5, 5.41) is 11.0. The summed E-state index contributed by atoms with van der Waals surface area (Å²) in [5.41, 5.74) is -1.72. The second kappa shape index (κ2) is 14.2. The number of hydrogen-bond donors (Lipinski definition) is 1. The Morgan fingerprint density at radius 1 is 1.04 bits per heavy atom. The Bertz CT molecular complexity index is 1620. The number of likely N-dealkylation sites (tertiary alicyclic amines) is 1. The second-order valence-corrected chi connectivity index (χ2v) is 16.5. The van der Waals surface area contributed by atoms with Crippen molar-refractivity contribution in [3.8, 4) is 5.75 Å². The number of rotatable bonds is 14. The number of anilines is 1. The topological polar surface area (TPSA) is 99.6 Å². The molecule has 276 valence electrons.